The van der Waals surface area contributed by atoms with Gasteiger partial charge in [-0.3, -0.25) is 19.4 Å². The van der Waals surface area contributed by atoms with Crippen molar-refractivity contribution in [2.24, 2.45) is 0 Å². The fraction of sp³-hybridized carbons (Fsp3) is 0.364. The van der Waals surface area contributed by atoms with Gasteiger partial charge in [0.25, 0.3) is 11.8 Å². The number of allylic oxidation sites excluding steroid dienone is 5. The molecule has 2 aromatic carbocycles. The number of imide groups is 2. The number of benzene rings is 2. The van der Waals surface area contributed by atoms with Crippen LogP contribution in [0.4, 0.5) is 16.2 Å². The maximum Gasteiger partial charge on any atom is 0.333 e. The summed E-state index contributed by atoms with van der Waals surface area (Å²) in [6.45, 7) is 12.5. The molecule has 7 heteroatoms. The number of urea groups is 1. The molecule has 5 rings (SSSR count). The minimum Gasteiger partial charge on any atom is -0.347 e. The highest BCUT2D eigenvalue weighted by atomic mass is 16.2. The summed E-state index contributed by atoms with van der Waals surface area (Å²) in [5.74, 6) is -1.12. The van der Waals surface area contributed by atoms with Crippen molar-refractivity contribution in [3.63, 3.8) is 0 Å². The molecule has 0 bridgehead atoms. The normalized spacial score (nSPS) is 21.6. The number of hydrogen-bond acceptors (Lipinski definition) is 5. The van der Waals surface area contributed by atoms with Gasteiger partial charge in [0.2, 0.25) is 0 Å². The summed E-state index contributed by atoms with van der Waals surface area (Å²) in [6.07, 6.45) is 3.95. The van der Waals surface area contributed by atoms with Gasteiger partial charge in [0.05, 0.1) is 0 Å². The van der Waals surface area contributed by atoms with E-state index in [9.17, 15) is 14.4 Å². The lowest BCUT2D eigenvalue weighted by atomic mass is 9.81. The summed E-state index contributed by atoms with van der Waals surface area (Å²) in [5.41, 5.74) is 6.23. The molecule has 2 aromatic rings. The molecule has 0 N–H and O–H groups in total. The Hall–Kier alpha value is -4.13. The van der Waals surface area contributed by atoms with E-state index in [4.69, 9.17) is 0 Å². The van der Waals surface area contributed by atoms with E-state index in [1.807, 2.05) is 50.5 Å². The zero-order chi connectivity index (χ0) is 29.1. The number of amides is 4. The first-order valence-electron chi connectivity index (χ1n) is 13.9. The number of rotatable bonds is 4. The summed E-state index contributed by atoms with van der Waals surface area (Å²) in [4.78, 5) is 47.3. The van der Waals surface area contributed by atoms with E-state index in [0.717, 1.165) is 32.6 Å². The molecule has 3 aliphatic heterocycles. The van der Waals surface area contributed by atoms with Crippen LogP contribution < -0.4 is 9.80 Å². The van der Waals surface area contributed by atoms with E-state index in [1.165, 1.54) is 11.1 Å². The third-order valence-electron chi connectivity index (χ3n) is 8.77. The van der Waals surface area contributed by atoms with Crippen molar-refractivity contribution in [3.05, 3.63) is 94.4 Å². The average Bonchev–Trinajstić information content (AvgIpc) is 3.23. The number of likely N-dealkylation sites (N-methyl/N-ethyl adjacent to an activating group) is 4. The van der Waals surface area contributed by atoms with E-state index in [1.54, 1.807) is 13.8 Å². The predicted octanol–water partition coefficient (Wildman–Crippen LogP) is 5.74. The first kappa shape index (κ1) is 27.4. The van der Waals surface area contributed by atoms with Crippen LogP contribution in [0.1, 0.15) is 52.7 Å². The van der Waals surface area contributed by atoms with Crippen LogP contribution in [-0.4, -0.2) is 54.8 Å². The van der Waals surface area contributed by atoms with Gasteiger partial charge in [0.15, 0.2) is 0 Å². The highest BCUT2D eigenvalue weighted by Gasteiger charge is 2.44. The summed E-state index contributed by atoms with van der Waals surface area (Å²) in [7, 11) is 4.03. The van der Waals surface area contributed by atoms with Crippen LogP contribution in [0.2, 0.25) is 0 Å². The fourth-order valence-corrected chi connectivity index (χ4v) is 6.48. The van der Waals surface area contributed by atoms with Gasteiger partial charge in [-0.1, -0.05) is 64.1 Å². The van der Waals surface area contributed by atoms with Crippen LogP contribution in [0.25, 0.3) is 0 Å². The zero-order valence-electron chi connectivity index (χ0n) is 24.7. The number of hydrogen-bond donors (Lipinski definition) is 0. The van der Waals surface area contributed by atoms with Gasteiger partial charge in [-0.15, -0.1) is 0 Å². The minimum absolute atomic E-state index is 0.0172. The standard InChI is InChI=1S/C33H38N4O3/c1-9-36-29(38)28(30(39)37(10-2)31(36)40)21(19-26-32(3,4)22-15-11-13-17-24(22)34(26)7)20-27-33(5,6)23-16-12-14-18-25(23)35(27)8/h11-20H,9-10H2,1-8H3. The van der Waals surface area contributed by atoms with E-state index in [-0.39, 0.29) is 29.5 Å². The Morgan fingerprint density at radius 2 is 1.05 bits per heavy atom. The Labute approximate surface area is 237 Å². The number of para-hydroxylation sites is 2. The molecule has 3 heterocycles. The van der Waals surface area contributed by atoms with Gasteiger partial charge in [-0.25, -0.2) is 4.79 Å². The van der Waals surface area contributed by atoms with Crippen molar-refractivity contribution >= 4 is 29.2 Å². The molecule has 0 radical (unpaired) electrons. The second-order valence-electron chi connectivity index (χ2n) is 11.7. The van der Waals surface area contributed by atoms with Crippen LogP contribution in [0.15, 0.2) is 83.2 Å². The van der Waals surface area contributed by atoms with Crippen LogP contribution >= 0.6 is 0 Å². The maximum atomic E-state index is 13.9. The Kier molecular flexibility index (Phi) is 6.52. The minimum atomic E-state index is -0.570. The smallest absolute Gasteiger partial charge is 0.333 e. The van der Waals surface area contributed by atoms with Gasteiger partial charge in [0.1, 0.15) is 5.57 Å². The van der Waals surface area contributed by atoms with Gasteiger partial charge in [0, 0.05) is 60.8 Å². The fourth-order valence-electron chi connectivity index (χ4n) is 6.48. The third kappa shape index (κ3) is 3.82. The monoisotopic (exact) mass is 538 g/mol. The van der Waals surface area contributed by atoms with Crippen molar-refractivity contribution in [2.45, 2.75) is 52.4 Å². The molecule has 0 spiro atoms. The lowest BCUT2D eigenvalue weighted by Gasteiger charge is -2.34. The Morgan fingerprint density at radius 1 is 0.675 bits per heavy atom. The molecule has 0 atom stereocenters. The van der Waals surface area contributed by atoms with E-state index in [0.29, 0.717) is 5.57 Å². The first-order valence-corrected chi connectivity index (χ1v) is 13.9. The molecule has 0 aromatic heterocycles. The molecule has 40 heavy (non-hydrogen) atoms. The Morgan fingerprint density at radius 3 is 1.40 bits per heavy atom. The molecule has 1 fully saturated rings. The summed E-state index contributed by atoms with van der Waals surface area (Å²) >= 11 is 0. The topological polar surface area (TPSA) is 64.2 Å². The van der Waals surface area contributed by atoms with Crippen LogP contribution in [0, 0.1) is 0 Å². The number of anilines is 2. The molecular formula is C33H38N4O3. The molecule has 1 saturated heterocycles. The predicted molar refractivity (Wildman–Crippen MR) is 159 cm³/mol. The van der Waals surface area contributed by atoms with Crippen LogP contribution in [-0.2, 0) is 20.4 Å². The van der Waals surface area contributed by atoms with Gasteiger partial charge in [-0.05, 0) is 54.8 Å². The maximum absolute atomic E-state index is 13.9. The van der Waals surface area contributed by atoms with Crippen molar-refractivity contribution in [2.75, 3.05) is 37.0 Å². The number of carbonyl (C=O) groups is 3. The molecule has 0 aliphatic carbocycles. The SMILES string of the molecule is CCN1C(=O)C(=C(C=C2N(C)c3ccccc3C2(C)C)C=C2N(C)c3ccccc3C2(C)C)C(=O)N(CC)C1=O. The van der Waals surface area contributed by atoms with Crippen molar-refractivity contribution in [1.29, 1.82) is 0 Å². The van der Waals surface area contributed by atoms with Gasteiger partial charge in [-0.2, -0.15) is 0 Å². The first-order chi connectivity index (χ1) is 18.9. The van der Waals surface area contributed by atoms with Crippen molar-refractivity contribution in [1.82, 2.24) is 9.80 Å². The van der Waals surface area contributed by atoms with Gasteiger partial charge < -0.3 is 9.80 Å². The van der Waals surface area contributed by atoms with Crippen molar-refractivity contribution in [3.8, 4) is 0 Å². The molecule has 7 nitrogen and oxygen atoms in total. The number of carbonyl (C=O) groups excluding carboxylic acids is 3. The highest BCUT2D eigenvalue weighted by molar-refractivity contribution is 6.29. The quantitative estimate of drug-likeness (QED) is 0.367. The molecule has 208 valence electrons. The van der Waals surface area contributed by atoms with Crippen LogP contribution in [0.3, 0.4) is 0 Å². The van der Waals surface area contributed by atoms with Gasteiger partial charge >= 0.3 is 6.03 Å². The van der Waals surface area contributed by atoms with Crippen molar-refractivity contribution < 1.29 is 14.4 Å². The lowest BCUT2D eigenvalue weighted by molar-refractivity contribution is -0.135. The summed E-state index contributed by atoms with van der Waals surface area (Å²) in [6, 6.07) is 15.9. The largest absolute Gasteiger partial charge is 0.347 e. The molecule has 0 unspecified atom stereocenters. The summed E-state index contributed by atoms with van der Waals surface area (Å²) < 4.78 is 0. The number of barbiturate groups is 1. The molecule has 4 amide bonds. The molecule has 0 saturated carbocycles. The van der Waals surface area contributed by atoms with E-state index < -0.39 is 17.8 Å². The molecular weight excluding hydrogens is 500 g/mol. The van der Waals surface area contributed by atoms with E-state index >= 15 is 0 Å². The van der Waals surface area contributed by atoms with E-state index in [2.05, 4.69) is 61.8 Å². The second kappa shape index (κ2) is 9.51. The second-order valence-corrected chi connectivity index (χ2v) is 11.7. The third-order valence-corrected chi connectivity index (χ3v) is 8.77. The molecule has 3 aliphatic rings. The highest BCUT2D eigenvalue weighted by Crippen LogP contribution is 2.49. The summed E-state index contributed by atoms with van der Waals surface area (Å²) in [5, 5.41) is 0. The lowest BCUT2D eigenvalue weighted by Crippen LogP contribution is -2.56. The van der Waals surface area contributed by atoms with Crippen LogP contribution in [0.5, 0.6) is 0 Å². The Balaban J connectivity index is 1.80. The Bertz CT molecular complexity index is 1420. The number of fused-ring (bicyclic) bond motifs is 2. The number of nitrogens with zero attached hydrogens (tertiary/aromatic N) is 4. The zero-order valence-corrected chi connectivity index (χ0v) is 24.7. The average molecular weight is 539 g/mol.